The summed E-state index contributed by atoms with van der Waals surface area (Å²) in [7, 11) is 1.32. The summed E-state index contributed by atoms with van der Waals surface area (Å²) < 4.78 is 4.79. The van der Waals surface area contributed by atoms with E-state index in [1.54, 1.807) is 29.4 Å². The van der Waals surface area contributed by atoms with Gasteiger partial charge in [-0.2, -0.15) is 0 Å². The molecule has 15 heteroatoms. The average molecular weight is 675 g/mol. The van der Waals surface area contributed by atoms with Crippen LogP contribution in [-0.4, -0.2) is 166 Å². The Labute approximate surface area is 281 Å². The molecule has 6 fully saturated rings. The first-order chi connectivity index (χ1) is 23.1. The molecule has 0 aromatic carbocycles. The monoisotopic (exact) mass is 674 g/mol. The number of carbonyl (C=O) groups excluding carboxylic acids is 7. The van der Waals surface area contributed by atoms with E-state index in [9.17, 15) is 38.7 Å². The van der Waals surface area contributed by atoms with Crippen LogP contribution >= 0.6 is 0 Å². The molecule has 1 N–H and O–H groups in total. The van der Waals surface area contributed by atoms with Crippen molar-refractivity contribution in [2.24, 2.45) is 0 Å². The van der Waals surface area contributed by atoms with E-state index in [-0.39, 0.29) is 61.2 Å². The second kappa shape index (κ2) is 16.1. The van der Waals surface area contributed by atoms with Gasteiger partial charge in [0.25, 0.3) is 0 Å². The lowest BCUT2D eigenvalue weighted by Gasteiger charge is -2.31. The number of ether oxygens (including phenoxy) is 1. The molecule has 6 saturated heterocycles. The van der Waals surface area contributed by atoms with Crippen LogP contribution in [-0.2, 0) is 38.3 Å². The van der Waals surface area contributed by atoms with Gasteiger partial charge in [0.15, 0.2) is 0 Å². The zero-order valence-electron chi connectivity index (χ0n) is 28.1. The Hall–Kier alpha value is -3.75. The summed E-state index contributed by atoms with van der Waals surface area (Å²) in [6.07, 6.45) is 8.52. The number of hydrogen-bond acceptors (Lipinski definition) is 9. The van der Waals surface area contributed by atoms with Gasteiger partial charge in [0.1, 0.15) is 18.1 Å². The number of aliphatic hydroxyl groups excluding tert-OH is 1. The van der Waals surface area contributed by atoms with Crippen LogP contribution in [0.4, 0.5) is 0 Å². The lowest BCUT2D eigenvalue weighted by atomic mass is 10.1. The Kier molecular flexibility index (Phi) is 11.9. The third-order valence-corrected chi connectivity index (χ3v) is 10.6. The SMILES string of the molecule is COC(=O)[C@@H]1CCCN1C(=O)[C@@H]1CCCN1C(=O)CN1CCCC1=O.O=C1CCCN1CC(=O)N1CCC[C@H]1C(=O)N1CCC[C@H]1CO. The summed E-state index contributed by atoms with van der Waals surface area (Å²) in [4.78, 5) is 95.8. The van der Waals surface area contributed by atoms with Crippen molar-refractivity contribution in [1.82, 2.24) is 29.4 Å². The van der Waals surface area contributed by atoms with Crippen molar-refractivity contribution < 1.29 is 43.4 Å². The zero-order chi connectivity index (χ0) is 34.4. The molecule has 4 atom stereocenters. The van der Waals surface area contributed by atoms with Gasteiger partial charge in [-0.3, -0.25) is 28.8 Å². The number of esters is 1. The van der Waals surface area contributed by atoms with Crippen LogP contribution in [0.3, 0.4) is 0 Å². The minimum absolute atomic E-state index is 0.000668. The number of likely N-dealkylation sites (tertiary alicyclic amines) is 6. The van der Waals surface area contributed by atoms with Gasteiger partial charge in [-0.05, 0) is 64.2 Å². The second-order valence-electron chi connectivity index (χ2n) is 13.6. The molecule has 0 bridgehead atoms. The van der Waals surface area contributed by atoms with Gasteiger partial charge in [0.2, 0.25) is 35.4 Å². The summed E-state index contributed by atoms with van der Waals surface area (Å²) >= 11 is 0. The topological polar surface area (TPSA) is 168 Å². The smallest absolute Gasteiger partial charge is 0.328 e. The van der Waals surface area contributed by atoms with E-state index in [1.165, 1.54) is 7.11 Å². The third-order valence-electron chi connectivity index (χ3n) is 10.6. The summed E-state index contributed by atoms with van der Waals surface area (Å²) in [6.45, 7) is 3.63. The molecule has 48 heavy (non-hydrogen) atoms. The summed E-state index contributed by atoms with van der Waals surface area (Å²) in [6, 6.07) is -1.61. The second-order valence-corrected chi connectivity index (χ2v) is 13.6. The van der Waals surface area contributed by atoms with Gasteiger partial charge in [-0.1, -0.05) is 0 Å². The molecule has 6 aliphatic rings. The highest BCUT2D eigenvalue weighted by molar-refractivity contribution is 5.93. The Morgan fingerprint density at radius 1 is 0.604 bits per heavy atom. The average Bonchev–Trinajstić information content (AvgIpc) is 3.92. The highest BCUT2D eigenvalue weighted by Gasteiger charge is 2.43. The van der Waals surface area contributed by atoms with Crippen molar-refractivity contribution in [1.29, 1.82) is 0 Å². The molecule has 266 valence electrons. The normalized spacial score (nSPS) is 27.2. The molecular formula is C33H50N6O9. The quantitative estimate of drug-likeness (QED) is 0.329. The van der Waals surface area contributed by atoms with E-state index in [0.717, 1.165) is 44.9 Å². The van der Waals surface area contributed by atoms with Gasteiger partial charge < -0.3 is 39.2 Å². The van der Waals surface area contributed by atoms with E-state index in [0.29, 0.717) is 71.4 Å². The Morgan fingerprint density at radius 3 is 1.50 bits per heavy atom. The predicted molar refractivity (Wildman–Crippen MR) is 170 cm³/mol. The number of rotatable bonds is 8. The molecule has 0 radical (unpaired) electrons. The standard InChI is InChI=1S/C17H25N3O5.C16H25N3O4/c1-25-17(24)13-6-3-10-20(13)16(23)12-5-2-9-19(12)15(22)11-18-8-4-7-14(18)21;20-11-12-4-1-8-18(12)16(23)13-5-2-9-19(13)15(22)10-17-7-3-6-14(17)21/h12-13H,2-11H2,1H3;12-13,20H,1-11H2/t2*12-,13-/m00/s1. The Bertz CT molecular complexity index is 1260. The summed E-state index contributed by atoms with van der Waals surface area (Å²) in [5.41, 5.74) is 0. The van der Waals surface area contributed by atoms with Crippen LogP contribution in [0.1, 0.15) is 77.0 Å². The largest absolute Gasteiger partial charge is 0.467 e. The van der Waals surface area contributed by atoms with Crippen molar-refractivity contribution in [3.05, 3.63) is 0 Å². The number of aliphatic hydroxyl groups is 1. The maximum absolute atomic E-state index is 12.9. The number of hydrogen-bond donors (Lipinski definition) is 1. The van der Waals surface area contributed by atoms with E-state index in [2.05, 4.69) is 0 Å². The molecule has 0 saturated carbocycles. The fourth-order valence-corrected chi connectivity index (χ4v) is 8.00. The van der Waals surface area contributed by atoms with Crippen molar-refractivity contribution >= 4 is 41.4 Å². The number of carbonyl (C=O) groups is 7. The molecule has 0 aromatic rings. The molecule has 15 nitrogen and oxygen atoms in total. The predicted octanol–water partition coefficient (Wildman–Crippen LogP) is -0.653. The maximum atomic E-state index is 12.9. The highest BCUT2D eigenvalue weighted by atomic mass is 16.5. The van der Waals surface area contributed by atoms with Crippen molar-refractivity contribution in [2.75, 3.05) is 66.1 Å². The Morgan fingerprint density at radius 2 is 1.04 bits per heavy atom. The van der Waals surface area contributed by atoms with Crippen LogP contribution in [0.5, 0.6) is 0 Å². The third kappa shape index (κ3) is 7.76. The molecule has 0 unspecified atom stereocenters. The van der Waals surface area contributed by atoms with E-state index >= 15 is 0 Å². The molecule has 6 heterocycles. The van der Waals surface area contributed by atoms with Crippen molar-refractivity contribution in [3.8, 4) is 0 Å². The molecule has 0 spiro atoms. The highest BCUT2D eigenvalue weighted by Crippen LogP contribution is 2.27. The molecule has 0 aliphatic carbocycles. The molecule has 0 aromatic heterocycles. The van der Waals surface area contributed by atoms with Gasteiger partial charge in [-0.15, -0.1) is 0 Å². The lowest BCUT2D eigenvalue weighted by molar-refractivity contribution is -0.154. The van der Waals surface area contributed by atoms with E-state index < -0.39 is 24.1 Å². The Balaban J connectivity index is 0.000000188. The minimum Gasteiger partial charge on any atom is -0.467 e. The van der Waals surface area contributed by atoms with E-state index in [1.807, 2.05) is 0 Å². The molecule has 6 aliphatic heterocycles. The first kappa shape index (κ1) is 35.6. The van der Waals surface area contributed by atoms with Gasteiger partial charge in [0.05, 0.1) is 32.8 Å². The molecular weight excluding hydrogens is 624 g/mol. The van der Waals surface area contributed by atoms with Gasteiger partial charge in [-0.25, -0.2) is 4.79 Å². The fourth-order valence-electron chi connectivity index (χ4n) is 8.00. The maximum Gasteiger partial charge on any atom is 0.328 e. The van der Waals surface area contributed by atoms with Crippen LogP contribution in [0, 0.1) is 0 Å². The van der Waals surface area contributed by atoms with Gasteiger partial charge >= 0.3 is 5.97 Å². The van der Waals surface area contributed by atoms with Gasteiger partial charge in [0, 0.05) is 52.1 Å². The fraction of sp³-hybridized carbons (Fsp3) is 0.788. The van der Waals surface area contributed by atoms with Crippen LogP contribution in [0.15, 0.2) is 0 Å². The van der Waals surface area contributed by atoms with Crippen molar-refractivity contribution in [3.63, 3.8) is 0 Å². The number of methoxy groups -OCH3 is 1. The summed E-state index contributed by atoms with van der Waals surface area (Å²) in [5.74, 6) is -0.896. The zero-order valence-corrected chi connectivity index (χ0v) is 28.1. The first-order valence-corrected chi connectivity index (χ1v) is 17.6. The van der Waals surface area contributed by atoms with Crippen LogP contribution in [0.2, 0.25) is 0 Å². The van der Waals surface area contributed by atoms with Crippen LogP contribution < -0.4 is 0 Å². The van der Waals surface area contributed by atoms with Crippen molar-refractivity contribution in [2.45, 2.75) is 101 Å². The summed E-state index contributed by atoms with van der Waals surface area (Å²) in [5, 5.41) is 9.40. The first-order valence-electron chi connectivity index (χ1n) is 17.6. The van der Waals surface area contributed by atoms with Crippen LogP contribution in [0.25, 0.3) is 0 Å². The van der Waals surface area contributed by atoms with E-state index in [4.69, 9.17) is 4.74 Å². The minimum atomic E-state index is -0.546. The number of amides is 6. The molecule has 6 rings (SSSR count). The molecule has 6 amide bonds. The number of nitrogens with zero attached hydrogens (tertiary/aromatic N) is 6. The lowest BCUT2D eigenvalue weighted by Crippen LogP contribution is -2.52.